The van der Waals surface area contributed by atoms with Crippen LogP contribution in [0, 0.1) is 0 Å². The van der Waals surface area contributed by atoms with Gasteiger partial charge in [0.1, 0.15) is 12.3 Å². The highest BCUT2D eigenvalue weighted by Crippen LogP contribution is 2.33. The second-order valence-corrected chi connectivity index (χ2v) is 5.09. The third-order valence-corrected chi connectivity index (χ3v) is 3.52. The molecular weight excluding hydrogens is 330 g/mol. The molecule has 1 saturated heterocycles. The molecule has 1 aliphatic heterocycles. The van der Waals surface area contributed by atoms with Crippen LogP contribution in [0.5, 0.6) is 11.5 Å². The quantitative estimate of drug-likeness (QED) is 0.748. The molecule has 134 valence electrons. The van der Waals surface area contributed by atoms with E-state index >= 15 is 0 Å². The van der Waals surface area contributed by atoms with Crippen molar-refractivity contribution in [1.29, 1.82) is 0 Å². The van der Waals surface area contributed by atoms with E-state index in [2.05, 4.69) is 15.4 Å². The monoisotopic (exact) mass is 349 g/mol. The summed E-state index contributed by atoms with van der Waals surface area (Å²) >= 11 is 0. The number of ether oxygens (including phenoxy) is 5. The van der Waals surface area contributed by atoms with Gasteiger partial charge in [0.2, 0.25) is 0 Å². The summed E-state index contributed by atoms with van der Waals surface area (Å²) in [6, 6.07) is 5.20. The molecule has 9 nitrogen and oxygen atoms in total. The molecule has 1 N–H and O–H groups in total. The van der Waals surface area contributed by atoms with E-state index in [0.717, 1.165) is 0 Å². The van der Waals surface area contributed by atoms with Crippen LogP contribution in [-0.4, -0.2) is 61.2 Å². The number of nitrogens with zero attached hydrogens (tertiary/aromatic N) is 2. The topological polar surface area (TPSA) is 105 Å². The van der Waals surface area contributed by atoms with Gasteiger partial charge in [-0.2, -0.15) is 10.3 Å². The van der Waals surface area contributed by atoms with E-state index in [1.807, 2.05) is 0 Å². The molecular formula is C16H19N3O6. The number of benzene rings is 1. The molecule has 0 bridgehead atoms. The third kappa shape index (κ3) is 3.89. The summed E-state index contributed by atoms with van der Waals surface area (Å²) in [4.78, 5) is 12.0. The average Bonchev–Trinajstić information content (AvgIpc) is 3.31. The van der Waals surface area contributed by atoms with Crippen molar-refractivity contribution < 1.29 is 28.5 Å². The number of nitrogens with one attached hydrogen (secondary N) is 1. The van der Waals surface area contributed by atoms with E-state index in [4.69, 9.17) is 23.7 Å². The van der Waals surface area contributed by atoms with E-state index < -0.39 is 12.3 Å². The number of hydrogen-bond donors (Lipinski definition) is 1. The van der Waals surface area contributed by atoms with Crippen molar-refractivity contribution in [2.45, 2.75) is 13.2 Å². The van der Waals surface area contributed by atoms with Crippen molar-refractivity contribution in [1.82, 2.24) is 15.4 Å². The number of aromatic nitrogens is 3. The van der Waals surface area contributed by atoms with Crippen molar-refractivity contribution in [3.8, 4) is 22.8 Å². The first-order chi connectivity index (χ1) is 12.2. The standard InChI is InChI=1S/C16H19N3O6/c1-3-22-16(20)15-14(17-19-18-15)10-4-5-11(21-2)12(8-10)25-9-13-23-6-7-24-13/h4-5,8,13H,3,6-7,9H2,1-2H3,(H,17,18,19). The van der Waals surface area contributed by atoms with Crippen LogP contribution in [0.3, 0.4) is 0 Å². The first kappa shape index (κ1) is 17.2. The molecule has 0 unspecified atom stereocenters. The first-order valence-corrected chi connectivity index (χ1v) is 7.85. The van der Waals surface area contributed by atoms with Gasteiger partial charge in [0.05, 0.1) is 26.9 Å². The second kappa shape index (κ2) is 7.95. The lowest BCUT2D eigenvalue weighted by Crippen LogP contribution is -2.18. The predicted octanol–water partition coefficient (Wildman–Crippen LogP) is 1.41. The lowest BCUT2D eigenvalue weighted by Gasteiger charge is -2.14. The Morgan fingerprint density at radius 1 is 1.28 bits per heavy atom. The molecule has 2 aromatic rings. The normalized spacial score (nSPS) is 14.5. The van der Waals surface area contributed by atoms with E-state index in [-0.39, 0.29) is 18.9 Å². The van der Waals surface area contributed by atoms with Crippen molar-refractivity contribution in [2.24, 2.45) is 0 Å². The average molecular weight is 349 g/mol. The molecule has 0 aliphatic carbocycles. The van der Waals surface area contributed by atoms with Gasteiger partial charge in [-0.15, -0.1) is 5.10 Å². The Bertz CT molecular complexity index is 726. The van der Waals surface area contributed by atoms with Gasteiger partial charge >= 0.3 is 5.97 Å². The van der Waals surface area contributed by atoms with E-state index in [0.29, 0.717) is 36.0 Å². The highest BCUT2D eigenvalue weighted by molar-refractivity contribution is 5.94. The van der Waals surface area contributed by atoms with Gasteiger partial charge in [-0.1, -0.05) is 0 Å². The van der Waals surface area contributed by atoms with Crippen LogP contribution in [0.1, 0.15) is 17.4 Å². The Kier molecular flexibility index (Phi) is 5.46. The van der Waals surface area contributed by atoms with Crippen LogP contribution in [0.15, 0.2) is 18.2 Å². The summed E-state index contributed by atoms with van der Waals surface area (Å²) in [5, 5.41) is 10.4. The van der Waals surface area contributed by atoms with Gasteiger partial charge in [0, 0.05) is 5.56 Å². The lowest BCUT2D eigenvalue weighted by molar-refractivity contribution is -0.0687. The molecule has 9 heteroatoms. The van der Waals surface area contributed by atoms with Crippen molar-refractivity contribution in [3.05, 3.63) is 23.9 Å². The van der Waals surface area contributed by atoms with Crippen LogP contribution < -0.4 is 9.47 Å². The number of carbonyl (C=O) groups is 1. The Hall–Kier alpha value is -2.65. The number of carbonyl (C=O) groups excluding carboxylic acids is 1. The zero-order valence-electron chi connectivity index (χ0n) is 14.0. The first-order valence-electron chi connectivity index (χ1n) is 7.85. The SMILES string of the molecule is CCOC(=O)c1n[nH]nc1-c1ccc(OC)c(OCC2OCCO2)c1. The number of esters is 1. The smallest absolute Gasteiger partial charge is 0.361 e. The molecule has 1 fully saturated rings. The predicted molar refractivity (Wildman–Crippen MR) is 85.5 cm³/mol. The lowest BCUT2D eigenvalue weighted by atomic mass is 10.1. The van der Waals surface area contributed by atoms with Gasteiger partial charge in [0.15, 0.2) is 23.5 Å². The summed E-state index contributed by atoms with van der Waals surface area (Å²) in [6.45, 7) is 3.30. The van der Waals surface area contributed by atoms with Gasteiger partial charge in [-0.05, 0) is 25.1 Å². The number of aromatic amines is 1. The molecule has 1 aliphatic rings. The molecule has 0 amide bonds. The Balaban J connectivity index is 1.84. The minimum absolute atomic E-state index is 0.112. The van der Waals surface area contributed by atoms with E-state index in [1.54, 1.807) is 32.2 Å². The van der Waals surface area contributed by atoms with E-state index in [9.17, 15) is 4.79 Å². The minimum atomic E-state index is -0.544. The largest absolute Gasteiger partial charge is 0.493 e. The summed E-state index contributed by atoms with van der Waals surface area (Å²) in [7, 11) is 1.55. The van der Waals surface area contributed by atoms with Crippen LogP contribution >= 0.6 is 0 Å². The fraction of sp³-hybridized carbons (Fsp3) is 0.438. The zero-order valence-corrected chi connectivity index (χ0v) is 14.0. The van der Waals surface area contributed by atoms with Gasteiger partial charge in [-0.25, -0.2) is 4.79 Å². The molecule has 1 aromatic heterocycles. The molecule has 0 radical (unpaired) electrons. The molecule has 1 aromatic carbocycles. The van der Waals surface area contributed by atoms with Gasteiger partial charge in [0.25, 0.3) is 0 Å². The van der Waals surface area contributed by atoms with Gasteiger partial charge < -0.3 is 23.7 Å². The van der Waals surface area contributed by atoms with Crippen molar-refractivity contribution in [2.75, 3.05) is 33.5 Å². The maximum absolute atomic E-state index is 12.0. The molecule has 0 spiro atoms. The fourth-order valence-electron chi connectivity index (χ4n) is 2.37. The highest BCUT2D eigenvalue weighted by atomic mass is 16.7. The van der Waals surface area contributed by atoms with Crippen LogP contribution in [0.25, 0.3) is 11.3 Å². The van der Waals surface area contributed by atoms with Crippen LogP contribution in [0.2, 0.25) is 0 Å². The summed E-state index contributed by atoms with van der Waals surface area (Å²) < 4.78 is 26.7. The zero-order chi connectivity index (χ0) is 17.6. The second-order valence-electron chi connectivity index (χ2n) is 5.09. The Labute approximate surface area is 144 Å². The van der Waals surface area contributed by atoms with E-state index in [1.165, 1.54) is 0 Å². The maximum Gasteiger partial charge on any atom is 0.361 e. The minimum Gasteiger partial charge on any atom is -0.493 e. The van der Waals surface area contributed by atoms with Gasteiger partial charge in [-0.3, -0.25) is 0 Å². The fourth-order valence-corrected chi connectivity index (χ4v) is 2.37. The Morgan fingerprint density at radius 3 is 2.80 bits per heavy atom. The van der Waals surface area contributed by atoms with Crippen molar-refractivity contribution in [3.63, 3.8) is 0 Å². The molecule has 25 heavy (non-hydrogen) atoms. The number of H-pyrrole nitrogens is 1. The summed E-state index contributed by atoms with van der Waals surface area (Å²) in [6.07, 6.45) is -0.407. The number of methoxy groups -OCH3 is 1. The number of rotatable bonds is 7. The third-order valence-electron chi connectivity index (χ3n) is 3.52. The Morgan fingerprint density at radius 2 is 2.08 bits per heavy atom. The maximum atomic E-state index is 12.0. The molecule has 0 atom stereocenters. The number of hydrogen-bond acceptors (Lipinski definition) is 8. The summed E-state index contributed by atoms with van der Waals surface area (Å²) in [5.74, 6) is 0.483. The van der Waals surface area contributed by atoms with Crippen LogP contribution in [0.4, 0.5) is 0 Å². The molecule has 0 saturated carbocycles. The summed E-state index contributed by atoms with van der Waals surface area (Å²) in [5.41, 5.74) is 1.13. The van der Waals surface area contributed by atoms with Crippen molar-refractivity contribution >= 4 is 5.97 Å². The molecule has 2 heterocycles. The molecule has 3 rings (SSSR count). The highest BCUT2D eigenvalue weighted by Gasteiger charge is 2.21. The van der Waals surface area contributed by atoms with Crippen LogP contribution in [-0.2, 0) is 14.2 Å².